The third-order valence-corrected chi connectivity index (χ3v) is 1.99. The van der Waals surface area contributed by atoms with E-state index in [1.807, 2.05) is 0 Å². The van der Waals surface area contributed by atoms with Crippen LogP contribution in [0.5, 0.6) is 0 Å². The second kappa shape index (κ2) is 6.21. The Morgan fingerprint density at radius 2 is 1.43 bits per heavy atom. The molecule has 80 valence electrons. The first-order valence-electron chi connectivity index (χ1n) is 5.11. The Kier molecular flexibility index (Phi) is 7.52. The van der Waals surface area contributed by atoms with Gasteiger partial charge in [0.15, 0.2) is 0 Å². The fourth-order valence-corrected chi connectivity index (χ4v) is 1.46. The van der Waals surface area contributed by atoms with Crippen LogP contribution in [0.3, 0.4) is 0 Å². The van der Waals surface area contributed by atoms with Gasteiger partial charge in [0.1, 0.15) is 0 Å². The van der Waals surface area contributed by atoms with E-state index in [1.165, 1.54) is 6.42 Å². The minimum Gasteiger partial charge on any atom is -0.321 e. The van der Waals surface area contributed by atoms with Gasteiger partial charge in [-0.25, -0.2) is 0 Å². The van der Waals surface area contributed by atoms with Gasteiger partial charge in [-0.05, 0) is 20.6 Å². The van der Waals surface area contributed by atoms with Crippen LogP contribution in [-0.4, -0.2) is 25.5 Å². The molecule has 0 aliphatic rings. The standard InChI is InChI=1S/C12H26N.Li/c1-11(2,3)8-9-12(4,5)10-13(6)7;/h9H,8,10H2,1-7H3;/q-1;+1. The predicted octanol–water partition coefficient (Wildman–Crippen LogP) is 0.219. The third kappa shape index (κ3) is 10.6. The second-order valence-corrected chi connectivity index (χ2v) is 6.20. The quantitative estimate of drug-likeness (QED) is 0.454. The molecule has 0 aromatic heterocycles. The summed E-state index contributed by atoms with van der Waals surface area (Å²) in [6, 6.07) is 0. The van der Waals surface area contributed by atoms with Crippen molar-refractivity contribution in [2.24, 2.45) is 10.8 Å². The molecule has 0 rings (SSSR count). The molecule has 0 heterocycles. The Hall–Kier alpha value is 0.557. The van der Waals surface area contributed by atoms with E-state index in [0.717, 1.165) is 6.54 Å². The molecular formula is C12H26LiN. The monoisotopic (exact) mass is 191 g/mol. The van der Waals surface area contributed by atoms with Crippen LogP contribution in [0.2, 0.25) is 0 Å². The van der Waals surface area contributed by atoms with Gasteiger partial charge >= 0.3 is 18.9 Å². The molecular weight excluding hydrogens is 165 g/mol. The Morgan fingerprint density at radius 1 is 1.00 bits per heavy atom. The Morgan fingerprint density at radius 3 is 1.71 bits per heavy atom. The Bertz CT molecular complexity index is 145. The van der Waals surface area contributed by atoms with Crippen LogP contribution in [0, 0.1) is 17.3 Å². The van der Waals surface area contributed by atoms with Crippen LogP contribution >= 0.6 is 0 Å². The van der Waals surface area contributed by atoms with Crippen molar-refractivity contribution in [3.8, 4) is 0 Å². The molecule has 1 nitrogen and oxygen atoms in total. The van der Waals surface area contributed by atoms with Gasteiger partial charge in [0.05, 0.1) is 0 Å². The zero-order valence-electron chi connectivity index (χ0n) is 11.4. The molecule has 0 atom stereocenters. The van der Waals surface area contributed by atoms with Crippen molar-refractivity contribution in [1.29, 1.82) is 0 Å². The van der Waals surface area contributed by atoms with Crippen molar-refractivity contribution in [2.75, 3.05) is 20.6 Å². The van der Waals surface area contributed by atoms with Gasteiger partial charge in [0.2, 0.25) is 0 Å². The average molecular weight is 191 g/mol. The fraction of sp³-hybridized carbons (Fsp3) is 0.917. The summed E-state index contributed by atoms with van der Waals surface area (Å²) in [5.41, 5.74) is 0.750. The fourth-order valence-electron chi connectivity index (χ4n) is 1.46. The molecule has 0 spiro atoms. The van der Waals surface area contributed by atoms with Crippen LogP contribution in [0.1, 0.15) is 41.0 Å². The molecule has 0 bridgehead atoms. The SMILES string of the molecule is CN(C)CC(C)(C)[CH-]CC(C)(C)C.[Li+]. The van der Waals surface area contributed by atoms with E-state index in [-0.39, 0.29) is 18.9 Å². The molecule has 14 heavy (non-hydrogen) atoms. The van der Waals surface area contributed by atoms with Crippen molar-refractivity contribution in [3.05, 3.63) is 6.42 Å². The number of hydrogen-bond acceptors (Lipinski definition) is 1. The van der Waals surface area contributed by atoms with Gasteiger partial charge in [-0.2, -0.15) is 6.42 Å². The minimum absolute atomic E-state index is 0. The van der Waals surface area contributed by atoms with Crippen molar-refractivity contribution in [1.82, 2.24) is 4.90 Å². The topological polar surface area (TPSA) is 3.24 Å². The zero-order valence-corrected chi connectivity index (χ0v) is 11.4. The maximum Gasteiger partial charge on any atom is 1.00 e. The maximum absolute atomic E-state index is 2.45. The molecule has 0 aliphatic heterocycles. The van der Waals surface area contributed by atoms with Crippen molar-refractivity contribution >= 4 is 0 Å². The molecule has 0 saturated carbocycles. The number of rotatable bonds is 4. The molecule has 0 amide bonds. The summed E-state index contributed by atoms with van der Waals surface area (Å²) in [7, 11) is 4.26. The first-order valence-corrected chi connectivity index (χ1v) is 5.11. The van der Waals surface area contributed by atoms with E-state index >= 15 is 0 Å². The van der Waals surface area contributed by atoms with Crippen molar-refractivity contribution in [2.45, 2.75) is 41.0 Å². The smallest absolute Gasteiger partial charge is 0.321 e. The first-order chi connectivity index (χ1) is 5.62. The summed E-state index contributed by atoms with van der Waals surface area (Å²) in [4.78, 5) is 2.25. The van der Waals surface area contributed by atoms with Gasteiger partial charge in [0.25, 0.3) is 0 Å². The molecule has 0 aliphatic carbocycles. The summed E-state index contributed by atoms with van der Waals surface area (Å²) in [5.74, 6) is 0. The van der Waals surface area contributed by atoms with Gasteiger partial charge in [0, 0.05) is 0 Å². The van der Waals surface area contributed by atoms with Crippen LogP contribution in [-0.2, 0) is 0 Å². The van der Waals surface area contributed by atoms with Gasteiger partial charge in [-0.1, -0.05) is 40.0 Å². The molecule has 0 unspecified atom stereocenters. The van der Waals surface area contributed by atoms with E-state index in [1.54, 1.807) is 0 Å². The molecule has 0 radical (unpaired) electrons. The zero-order chi connectivity index (χ0) is 10.7. The number of hydrogen-bond donors (Lipinski definition) is 0. The van der Waals surface area contributed by atoms with E-state index in [9.17, 15) is 0 Å². The van der Waals surface area contributed by atoms with Crippen molar-refractivity contribution < 1.29 is 18.9 Å². The summed E-state index contributed by atoms with van der Waals surface area (Å²) in [5, 5.41) is 0. The van der Waals surface area contributed by atoms with Gasteiger partial charge in [-0.15, -0.1) is 5.41 Å². The van der Waals surface area contributed by atoms with E-state index in [4.69, 9.17) is 0 Å². The summed E-state index contributed by atoms with van der Waals surface area (Å²) >= 11 is 0. The molecule has 0 saturated heterocycles. The van der Waals surface area contributed by atoms with E-state index < -0.39 is 0 Å². The van der Waals surface area contributed by atoms with E-state index in [0.29, 0.717) is 10.8 Å². The largest absolute Gasteiger partial charge is 1.00 e. The minimum atomic E-state index is 0. The maximum atomic E-state index is 2.45. The molecule has 0 N–H and O–H groups in total. The van der Waals surface area contributed by atoms with Crippen LogP contribution in [0.25, 0.3) is 0 Å². The number of nitrogens with zero attached hydrogens (tertiary/aromatic N) is 1. The Balaban J connectivity index is 0. The van der Waals surface area contributed by atoms with Gasteiger partial charge < -0.3 is 11.3 Å². The Labute approximate surface area is 103 Å². The van der Waals surface area contributed by atoms with Crippen LogP contribution < -0.4 is 18.9 Å². The molecule has 0 fully saturated rings. The van der Waals surface area contributed by atoms with E-state index in [2.05, 4.69) is 60.0 Å². The summed E-state index contributed by atoms with van der Waals surface area (Å²) in [6.45, 7) is 12.6. The van der Waals surface area contributed by atoms with Crippen LogP contribution in [0.4, 0.5) is 0 Å². The molecule has 0 aromatic rings. The second-order valence-electron chi connectivity index (χ2n) is 6.20. The molecule has 0 aromatic carbocycles. The average Bonchev–Trinajstić information content (AvgIpc) is 1.79. The normalized spacial score (nSPS) is 12.9. The van der Waals surface area contributed by atoms with Crippen LogP contribution in [0.15, 0.2) is 0 Å². The van der Waals surface area contributed by atoms with Crippen molar-refractivity contribution in [3.63, 3.8) is 0 Å². The summed E-state index contributed by atoms with van der Waals surface area (Å²) in [6.07, 6.45) is 3.64. The predicted molar refractivity (Wildman–Crippen MR) is 60.7 cm³/mol. The third-order valence-electron chi connectivity index (χ3n) is 1.99. The summed E-state index contributed by atoms with van der Waals surface area (Å²) < 4.78 is 0. The first kappa shape index (κ1) is 17.0. The van der Waals surface area contributed by atoms with Gasteiger partial charge in [-0.3, -0.25) is 0 Å². The molecule has 2 heteroatoms.